The molecule has 0 radical (unpaired) electrons. The maximum atomic E-state index is 9.95. The monoisotopic (exact) mass is 436 g/mol. The topological polar surface area (TPSA) is 62.5 Å². The van der Waals surface area contributed by atoms with E-state index in [1.807, 2.05) is 30.5 Å². The van der Waals surface area contributed by atoms with Crippen molar-refractivity contribution in [3.8, 4) is 23.1 Å². The molecule has 1 N–H and O–H groups in total. The van der Waals surface area contributed by atoms with Gasteiger partial charge in [-0.15, -0.1) is 0 Å². The molecule has 2 aromatic carbocycles. The number of anilines is 1. The Kier molecular flexibility index (Phi) is 7.03. The van der Waals surface area contributed by atoms with Gasteiger partial charge < -0.3 is 18.8 Å². The Bertz CT molecular complexity index is 1070. The average Bonchev–Trinajstić information content (AvgIpc) is 3.13. The molecule has 1 aromatic heterocycles. The highest BCUT2D eigenvalue weighted by molar-refractivity contribution is 7.99. The number of hydrogen-bond acceptors (Lipinski definition) is 6. The molecule has 31 heavy (non-hydrogen) atoms. The molecule has 4 rings (SSSR count). The van der Waals surface area contributed by atoms with Gasteiger partial charge >= 0.3 is 0 Å². The van der Waals surface area contributed by atoms with Gasteiger partial charge in [0.05, 0.1) is 30.0 Å². The zero-order valence-corrected chi connectivity index (χ0v) is 18.9. The van der Waals surface area contributed by atoms with Gasteiger partial charge in [-0.1, -0.05) is 24.1 Å². The Hall–Kier alpha value is -2.66. The molecule has 0 spiro atoms. The van der Waals surface area contributed by atoms with E-state index in [9.17, 15) is 5.26 Å². The third-order valence-corrected chi connectivity index (χ3v) is 6.06. The number of hydrogen-bond donors (Lipinski definition) is 1. The minimum Gasteiger partial charge on any atom is -0.492 e. The van der Waals surface area contributed by atoms with Gasteiger partial charge in [-0.25, -0.2) is 0 Å². The lowest BCUT2D eigenvalue weighted by Gasteiger charge is -2.26. The summed E-state index contributed by atoms with van der Waals surface area (Å²) in [5.41, 5.74) is 4.79. The Balaban J connectivity index is 1.62. The summed E-state index contributed by atoms with van der Waals surface area (Å²) < 4.78 is 16.9. The van der Waals surface area contributed by atoms with Crippen molar-refractivity contribution >= 4 is 28.5 Å². The second kappa shape index (κ2) is 10.1. The fourth-order valence-electron chi connectivity index (χ4n) is 4.09. The highest BCUT2D eigenvalue weighted by Crippen LogP contribution is 2.35. The maximum absolute atomic E-state index is 9.95. The number of aromatic nitrogens is 1. The molecule has 0 unspecified atom stereocenters. The molecule has 0 amide bonds. The zero-order valence-electron chi connectivity index (χ0n) is 18.1. The zero-order chi connectivity index (χ0) is 21.6. The highest BCUT2D eigenvalue weighted by atomic mass is 32.2. The predicted molar refractivity (Wildman–Crippen MR) is 128 cm³/mol. The first-order valence-electron chi connectivity index (χ1n) is 10.6. The summed E-state index contributed by atoms with van der Waals surface area (Å²) in [5.74, 6) is 0.837. The molecule has 3 aromatic rings. The quantitative estimate of drug-likeness (QED) is 0.521. The van der Waals surface area contributed by atoms with E-state index < -0.39 is 0 Å². The molecular weight excluding hydrogens is 408 g/mol. The second-order valence-electron chi connectivity index (χ2n) is 7.44. The predicted octanol–water partition coefficient (Wildman–Crippen LogP) is 4.60. The molecule has 2 heterocycles. The van der Waals surface area contributed by atoms with Gasteiger partial charge in [-0.2, -0.15) is 5.26 Å². The summed E-state index contributed by atoms with van der Waals surface area (Å²) >= 11 is 1.56. The summed E-state index contributed by atoms with van der Waals surface area (Å²) in [5, 5.41) is 10.9. The number of benzene rings is 2. The summed E-state index contributed by atoms with van der Waals surface area (Å²) in [6.07, 6.45) is 2.00. The molecule has 1 aliphatic heterocycles. The van der Waals surface area contributed by atoms with Crippen LogP contribution in [0, 0.1) is 11.3 Å². The van der Waals surface area contributed by atoms with Crippen LogP contribution in [0.2, 0.25) is 0 Å². The minimum atomic E-state index is 0.639. The van der Waals surface area contributed by atoms with Gasteiger partial charge in [0.25, 0.3) is 0 Å². The summed E-state index contributed by atoms with van der Waals surface area (Å²) in [6.45, 7) is 7.92. The van der Waals surface area contributed by atoms with E-state index in [2.05, 4.69) is 45.4 Å². The number of morpholine rings is 1. The van der Waals surface area contributed by atoms with Crippen molar-refractivity contribution in [1.29, 1.82) is 5.26 Å². The summed E-state index contributed by atoms with van der Waals surface area (Å²) in [6, 6.07) is 16.7. The van der Waals surface area contributed by atoms with Crippen LogP contribution in [0.4, 0.5) is 5.69 Å². The first-order valence-corrected chi connectivity index (χ1v) is 11.9. The van der Waals surface area contributed by atoms with Crippen LogP contribution >= 0.6 is 11.9 Å². The van der Waals surface area contributed by atoms with Crippen LogP contribution in [0.1, 0.15) is 12.5 Å². The molecule has 0 saturated carbocycles. The molecule has 6 nitrogen and oxygen atoms in total. The molecular formula is C24H28N4O2S. The Morgan fingerprint density at radius 3 is 2.61 bits per heavy atom. The van der Waals surface area contributed by atoms with Crippen LogP contribution in [-0.4, -0.2) is 55.2 Å². The minimum absolute atomic E-state index is 0.639. The van der Waals surface area contributed by atoms with Crippen molar-refractivity contribution in [3.63, 3.8) is 0 Å². The summed E-state index contributed by atoms with van der Waals surface area (Å²) in [7, 11) is 0. The fourth-order valence-corrected chi connectivity index (χ4v) is 4.46. The van der Waals surface area contributed by atoms with Gasteiger partial charge in [-0.3, -0.25) is 4.90 Å². The molecule has 0 atom stereocenters. The van der Waals surface area contributed by atoms with Crippen LogP contribution in [0.15, 0.2) is 42.5 Å². The number of fused-ring (bicyclic) bond motifs is 1. The molecule has 162 valence electrons. The van der Waals surface area contributed by atoms with E-state index in [-0.39, 0.29) is 0 Å². The van der Waals surface area contributed by atoms with Crippen molar-refractivity contribution in [3.05, 3.63) is 48.0 Å². The number of aryl methyl sites for hydroxylation is 1. The number of nitrogens with one attached hydrogen (secondary N) is 1. The third kappa shape index (κ3) is 4.67. The van der Waals surface area contributed by atoms with Crippen molar-refractivity contribution in [2.24, 2.45) is 0 Å². The first-order chi connectivity index (χ1) is 15.2. The van der Waals surface area contributed by atoms with E-state index in [1.165, 1.54) is 0 Å². The van der Waals surface area contributed by atoms with E-state index in [0.29, 0.717) is 12.2 Å². The van der Waals surface area contributed by atoms with E-state index >= 15 is 0 Å². The van der Waals surface area contributed by atoms with Crippen LogP contribution in [-0.2, 0) is 11.3 Å². The number of rotatable bonds is 8. The van der Waals surface area contributed by atoms with E-state index in [1.54, 1.807) is 11.9 Å². The number of nitriles is 1. The third-order valence-electron chi connectivity index (χ3n) is 5.62. The Morgan fingerprint density at radius 1 is 1.16 bits per heavy atom. The summed E-state index contributed by atoms with van der Waals surface area (Å²) in [4.78, 5) is 2.36. The maximum Gasteiger partial charge on any atom is 0.121 e. The van der Waals surface area contributed by atoms with Crippen molar-refractivity contribution in [2.75, 3.05) is 50.4 Å². The SMILES string of the molecule is CCn1c(-c2ccc(NSC)cc2)c(C#N)c2ccc(OCCN3CCOCC3)cc21. The lowest BCUT2D eigenvalue weighted by atomic mass is 10.1. The van der Waals surface area contributed by atoms with E-state index in [4.69, 9.17) is 9.47 Å². The molecule has 1 saturated heterocycles. The van der Waals surface area contributed by atoms with Gasteiger partial charge in [0, 0.05) is 49.6 Å². The molecule has 7 heteroatoms. The first kappa shape index (κ1) is 21.6. The highest BCUT2D eigenvalue weighted by Gasteiger charge is 2.19. The van der Waals surface area contributed by atoms with Crippen molar-refractivity contribution in [1.82, 2.24) is 9.47 Å². The van der Waals surface area contributed by atoms with Gasteiger partial charge in [0.15, 0.2) is 0 Å². The average molecular weight is 437 g/mol. The lowest BCUT2D eigenvalue weighted by Crippen LogP contribution is -2.38. The van der Waals surface area contributed by atoms with Gasteiger partial charge in [0.1, 0.15) is 18.4 Å². The standard InChI is InChI=1S/C24H28N4O2S/c1-3-28-23-16-20(30-15-12-27-10-13-29-14-11-27)8-9-21(23)22(17-25)24(28)18-4-6-19(7-5-18)26-31-2/h4-9,16,26H,3,10-15H2,1-2H3. The van der Waals surface area contributed by atoms with Crippen LogP contribution in [0.5, 0.6) is 5.75 Å². The molecule has 1 fully saturated rings. The lowest BCUT2D eigenvalue weighted by molar-refractivity contribution is 0.0322. The molecule has 0 aliphatic carbocycles. The molecule has 1 aliphatic rings. The fraction of sp³-hybridized carbons (Fsp3) is 0.375. The molecule has 0 bridgehead atoms. The number of ether oxygens (including phenoxy) is 2. The second-order valence-corrected chi connectivity index (χ2v) is 8.06. The largest absolute Gasteiger partial charge is 0.492 e. The van der Waals surface area contributed by atoms with Crippen molar-refractivity contribution < 1.29 is 9.47 Å². The van der Waals surface area contributed by atoms with E-state index in [0.717, 1.165) is 73.0 Å². The van der Waals surface area contributed by atoms with Crippen LogP contribution in [0.25, 0.3) is 22.2 Å². The van der Waals surface area contributed by atoms with Crippen LogP contribution < -0.4 is 9.46 Å². The smallest absolute Gasteiger partial charge is 0.121 e. The Morgan fingerprint density at radius 2 is 1.94 bits per heavy atom. The Labute approximate surface area is 187 Å². The van der Waals surface area contributed by atoms with Gasteiger partial charge in [-0.05, 0) is 36.8 Å². The number of nitrogens with zero attached hydrogens (tertiary/aromatic N) is 3. The van der Waals surface area contributed by atoms with Crippen molar-refractivity contribution in [2.45, 2.75) is 13.5 Å². The van der Waals surface area contributed by atoms with Gasteiger partial charge in [0.2, 0.25) is 0 Å². The normalized spacial score (nSPS) is 14.5. The van der Waals surface area contributed by atoms with Crippen LogP contribution in [0.3, 0.4) is 0 Å².